The van der Waals surface area contributed by atoms with Crippen molar-refractivity contribution in [3.05, 3.63) is 66.0 Å². The molecule has 4 aromatic rings. The number of pyridine rings is 2. The summed E-state index contributed by atoms with van der Waals surface area (Å²) in [5.74, 6) is 7.26. The fraction of sp³-hybridized carbons (Fsp3) is 0.217. The van der Waals surface area contributed by atoms with E-state index in [2.05, 4.69) is 73.6 Å². The van der Waals surface area contributed by atoms with Crippen molar-refractivity contribution >= 4 is 39.3 Å². The van der Waals surface area contributed by atoms with Crippen LogP contribution in [0.2, 0.25) is 17.3 Å². The van der Waals surface area contributed by atoms with Crippen LogP contribution in [0.15, 0.2) is 54.9 Å². The van der Waals surface area contributed by atoms with Gasteiger partial charge in [0.05, 0.1) is 0 Å². The van der Waals surface area contributed by atoms with Gasteiger partial charge in [0.25, 0.3) is 0 Å². The van der Waals surface area contributed by atoms with Crippen molar-refractivity contribution in [3.63, 3.8) is 0 Å². The quantitative estimate of drug-likeness (QED) is 0.322. The van der Waals surface area contributed by atoms with Gasteiger partial charge in [0.15, 0.2) is 0 Å². The normalized spacial score (nSPS) is 12.0. The zero-order valence-corrected chi connectivity index (χ0v) is 18.2. The summed E-state index contributed by atoms with van der Waals surface area (Å²) < 4.78 is 1.49. The van der Waals surface area contributed by atoms with Crippen molar-refractivity contribution in [2.75, 3.05) is 0 Å². The minimum absolute atomic E-state index is 1.02. The molecule has 2 aromatic carbocycles. The molecule has 0 fully saturated rings. The molecular formula is C23H24GeN2. The van der Waals surface area contributed by atoms with E-state index < -0.39 is 13.3 Å². The molecule has 2 heterocycles. The molecule has 0 aliphatic heterocycles. The first-order valence-electron chi connectivity index (χ1n) is 9.09. The van der Waals surface area contributed by atoms with E-state index >= 15 is 0 Å². The van der Waals surface area contributed by atoms with Gasteiger partial charge in [-0.3, -0.25) is 0 Å². The summed E-state index contributed by atoms with van der Waals surface area (Å²) in [6.07, 6.45) is 3.92. The van der Waals surface area contributed by atoms with Crippen molar-refractivity contribution in [3.8, 4) is 11.3 Å². The van der Waals surface area contributed by atoms with Crippen LogP contribution in [-0.2, 0) is 0 Å². The van der Waals surface area contributed by atoms with Gasteiger partial charge in [0, 0.05) is 0 Å². The Morgan fingerprint density at radius 1 is 0.731 bits per heavy atom. The Balaban J connectivity index is 1.99. The second kappa shape index (κ2) is 6.20. The summed E-state index contributed by atoms with van der Waals surface area (Å²) in [6.45, 7) is 4.27. The van der Waals surface area contributed by atoms with Crippen LogP contribution < -0.4 is 4.40 Å². The number of benzene rings is 2. The van der Waals surface area contributed by atoms with Gasteiger partial charge in [-0.2, -0.15) is 0 Å². The number of rotatable bonds is 2. The van der Waals surface area contributed by atoms with Gasteiger partial charge in [-0.1, -0.05) is 0 Å². The van der Waals surface area contributed by atoms with Gasteiger partial charge in [-0.15, -0.1) is 0 Å². The van der Waals surface area contributed by atoms with Crippen LogP contribution in [-0.4, -0.2) is 23.2 Å². The molecule has 0 spiro atoms. The van der Waals surface area contributed by atoms with Crippen LogP contribution in [0.25, 0.3) is 32.9 Å². The van der Waals surface area contributed by atoms with E-state index in [-0.39, 0.29) is 0 Å². The molecule has 0 saturated heterocycles. The zero-order valence-electron chi connectivity index (χ0n) is 16.1. The molecule has 0 unspecified atom stereocenters. The summed E-state index contributed by atoms with van der Waals surface area (Å²) in [4.78, 5) is 9.50. The Hall–Kier alpha value is -2.20. The predicted octanol–water partition coefficient (Wildman–Crippen LogP) is 5.61. The second-order valence-corrected chi connectivity index (χ2v) is 18.9. The third-order valence-corrected chi connectivity index (χ3v) is 9.26. The molecule has 130 valence electrons. The summed E-state index contributed by atoms with van der Waals surface area (Å²) in [6, 6.07) is 15.6. The molecule has 0 radical (unpaired) electrons. The molecule has 0 saturated carbocycles. The molecule has 0 aliphatic carbocycles. The van der Waals surface area contributed by atoms with Crippen LogP contribution >= 0.6 is 0 Å². The monoisotopic (exact) mass is 402 g/mol. The number of hydrogen-bond acceptors (Lipinski definition) is 2. The fourth-order valence-electron chi connectivity index (χ4n) is 3.65. The summed E-state index contributed by atoms with van der Waals surface area (Å²) >= 11 is -1.86. The molecule has 0 amide bonds. The molecule has 26 heavy (non-hydrogen) atoms. The van der Waals surface area contributed by atoms with Gasteiger partial charge in [-0.05, 0) is 0 Å². The van der Waals surface area contributed by atoms with Crippen molar-refractivity contribution in [1.29, 1.82) is 0 Å². The average Bonchev–Trinajstić information content (AvgIpc) is 2.59. The van der Waals surface area contributed by atoms with Crippen molar-refractivity contribution < 1.29 is 0 Å². The maximum absolute atomic E-state index is 4.80. The first kappa shape index (κ1) is 17.2. The van der Waals surface area contributed by atoms with E-state index in [4.69, 9.17) is 9.97 Å². The standard InChI is InChI=1S/C23H24GeN2/c1-15-10-16(2)12-17(11-15)23-21-14-26-22-13-18(24(3,4)5)6-7-20(22)19(21)8-9-25-23/h6-14H,1-5H3. The maximum atomic E-state index is 4.80. The number of aromatic nitrogens is 2. The van der Waals surface area contributed by atoms with Gasteiger partial charge < -0.3 is 0 Å². The Kier molecular flexibility index (Phi) is 4.11. The summed E-state index contributed by atoms with van der Waals surface area (Å²) in [5, 5.41) is 3.56. The van der Waals surface area contributed by atoms with E-state index in [9.17, 15) is 0 Å². The number of nitrogens with zero attached hydrogens (tertiary/aromatic N) is 2. The fourth-order valence-corrected chi connectivity index (χ4v) is 6.07. The number of fused-ring (bicyclic) bond motifs is 3. The molecule has 0 bridgehead atoms. The van der Waals surface area contributed by atoms with Crippen LogP contribution in [0.5, 0.6) is 0 Å². The Bertz CT molecular complexity index is 1120. The van der Waals surface area contributed by atoms with Gasteiger partial charge in [0.2, 0.25) is 0 Å². The van der Waals surface area contributed by atoms with Crippen LogP contribution in [0.4, 0.5) is 0 Å². The van der Waals surface area contributed by atoms with E-state index in [1.54, 1.807) is 0 Å². The third kappa shape index (κ3) is 3.03. The van der Waals surface area contributed by atoms with Crippen LogP contribution in [0.3, 0.4) is 0 Å². The van der Waals surface area contributed by atoms with E-state index in [1.807, 2.05) is 12.4 Å². The molecule has 3 heteroatoms. The molecule has 2 nitrogen and oxygen atoms in total. The van der Waals surface area contributed by atoms with Crippen molar-refractivity contribution in [1.82, 2.24) is 9.97 Å². The Labute approximate surface area is 157 Å². The number of aryl methyl sites for hydroxylation is 2. The predicted molar refractivity (Wildman–Crippen MR) is 115 cm³/mol. The van der Waals surface area contributed by atoms with E-state index in [0.717, 1.165) is 22.2 Å². The van der Waals surface area contributed by atoms with Crippen LogP contribution in [0, 0.1) is 13.8 Å². The molecule has 4 rings (SSSR count). The minimum atomic E-state index is -1.86. The molecular weight excluding hydrogens is 377 g/mol. The van der Waals surface area contributed by atoms with Crippen molar-refractivity contribution in [2.45, 2.75) is 31.1 Å². The van der Waals surface area contributed by atoms with Gasteiger partial charge in [-0.25, -0.2) is 0 Å². The zero-order chi connectivity index (χ0) is 18.5. The Morgan fingerprint density at radius 3 is 2.15 bits per heavy atom. The first-order valence-corrected chi connectivity index (χ1v) is 16.4. The topological polar surface area (TPSA) is 25.8 Å². The second-order valence-electron chi connectivity index (χ2n) is 8.24. The average molecular weight is 401 g/mol. The molecule has 2 aromatic heterocycles. The SMILES string of the molecule is Cc1cc(C)cc(-c2nccc3c2cnc2c[c]([Ge]([CH3])([CH3])[CH3])ccc23)c1. The van der Waals surface area contributed by atoms with Gasteiger partial charge in [0.1, 0.15) is 0 Å². The Morgan fingerprint density at radius 2 is 1.46 bits per heavy atom. The van der Waals surface area contributed by atoms with Gasteiger partial charge >= 0.3 is 158 Å². The number of hydrogen-bond donors (Lipinski definition) is 0. The third-order valence-electron chi connectivity index (χ3n) is 4.97. The van der Waals surface area contributed by atoms with Crippen LogP contribution in [0.1, 0.15) is 11.1 Å². The van der Waals surface area contributed by atoms with E-state index in [0.29, 0.717) is 0 Å². The summed E-state index contributed by atoms with van der Waals surface area (Å²) in [7, 11) is 0. The molecule has 0 aliphatic rings. The first-order chi connectivity index (χ1) is 12.3. The van der Waals surface area contributed by atoms with E-state index in [1.165, 1.54) is 26.3 Å². The summed E-state index contributed by atoms with van der Waals surface area (Å²) in [5.41, 5.74) is 5.79. The van der Waals surface area contributed by atoms with Crippen molar-refractivity contribution in [2.24, 2.45) is 0 Å². The molecule has 0 N–H and O–H groups in total. The molecule has 0 atom stereocenters.